The summed E-state index contributed by atoms with van der Waals surface area (Å²) in [6, 6.07) is 2.39. The Morgan fingerprint density at radius 1 is 1.40 bits per heavy atom. The molecule has 1 aliphatic heterocycles. The van der Waals surface area contributed by atoms with Gasteiger partial charge in [-0.1, -0.05) is 6.42 Å². The van der Waals surface area contributed by atoms with Crippen LogP contribution in [0, 0.1) is 6.92 Å². The zero-order valence-corrected chi connectivity index (χ0v) is 10.1. The van der Waals surface area contributed by atoms with Crippen LogP contribution in [0.5, 0.6) is 0 Å². The molecule has 0 aromatic carbocycles. The molecule has 0 spiro atoms. The number of aliphatic hydroxyl groups excluding tert-OH is 1. The van der Waals surface area contributed by atoms with Gasteiger partial charge >= 0.3 is 0 Å². The minimum Gasteiger partial charge on any atom is -0.394 e. The third-order valence-corrected chi connectivity index (χ3v) is 4.33. The normalized spacial score (nSPS) is 20.4. The molecule has 1 aromatic heterocycles. The molecule has 0 aliphatic carbocycles. The molecule has 0 saturated carbocycles. The van der Waals surface area contributed by atoms with Crippen LogP contribution in [0.4, 0.5) is 0 Å². The summed E-state index contributed by atoms with van der Waals surface area (Å²) in [6.45, 7) is 4.67. The maximum atomic E-state index is 9.54. The highest BCUT2D eigenvalue weighted by atomic mass is 32.1. The standard InChI is InChI=1S/C12H19NOS/c1-10-5-8-15-12(10)11(9-14)13-6-3-2-4-7-13/h5,8,11,14H,2-4,6-7,9H2,1H3. The first kappa shape index (κ1) is 11.1. The minimum absolute atomic E-state index is 0.241. The van der Waals surface area contributed by atoms with Crippen molar-refractivity contribution in [2.75, 3.05) is 19.7 Å². The summed E-state index contributed by atoms with van der Waals surface area (Å²) in [6.07, 6.45) is 3.90. The van der Waals surface area contributed by atoms with E-state index in [0.717, 1.165) is 13.1 Å². The van der Waals surface area contributed by atoms with E-state index < -0.39 is 0 Å². The largest absolute Gasteiger partial charge is 0.394 e. The summed E-state index contributed by atoms with van der Waals surface area (Å²) in [4.78, 5) is 3.78. The van der Waals surface area contributed by atoms with Crippen LogP contribution in [0.15, 0.2) is 11.4 Å². The van der Waals surface area contributed by atoms with Crippen LogP contribution in [0.2, 0.25) is 0 Å². The number of hydrogen-bond acceptors (Lipinski definition) is 3. The summed E-state index contributed by atoms with van der Waals surface area (Å²) >= 11 is 1.77. The van der Waals surface area contributed by atoms with Crippen LogP contribution >= 0.6 is 11.3 Å². The SMILES string of the molecule is Cc1ccsc1C(CO)N1CCCCC1. The highest BCUT2D eigenvalue weighted by Crippen LogP contribution is 2.30. The molecule has 1 aliphatic rings. The monoisotopic (exact) mass is 225 g/mol. The fraction of sp³-hybridized carbons (Fsp3) is 0.667. The third-order valence-electron chi connectivity index (χ3n) is 3.21. The van der Waals surface area contributed by atoms with E-state index >= 15 is 0 Å². The van der Waals surface area contributed by atoms with Crippen molar-refractivity contribution >= 4 is 11.3 Å². The Morgan fingerprint density at radius 2 is 2.13 bits per heavy atom. The molecular weight excluding hydrogens is 206 g/mol. The molecular formula is C12H19NOS. The van der Waals surface area contributed by atoms with Crippen molar-refractivity contribution < 1.29 is 5.11 Å². The van der Waals surface area contributed by atoms with Crippen LogP contribution in [0.1, 0.15) is 35.7 Å². The van der Waals surface area contributed by atoms with E-state index in [1.54, 1.807) is 11.3 Å². The van der Waals surface area contributed by atoms with Gasteiger partial charge in [-0.05, 0) is 49.9 Å². The van der Waals surface area contributed by atoms with Gasteiger partial charge in [0.05, 0.1) is 12.6 Å². The van der Waals surface area contributed by atoms with Gasteiger partial charge in [0, 0.05) is 4.88 Å². The van der Waals surface area contributed by atoms with Gasteiger partial charge in [-0.15, -0.1) is 11.3 Å². The molecule has 1 atom stereocenters. The number of likely N-dealkylation sites (tertiary alicyclic amines) is 1. The Balaban J connectivity index is 2.12. The lowest BCUT2D eigenvalue weighted by Crippen LogP contribution is -2.35. The van der Waals surface area contributed by atoms with Crippen molar-refractivity contribution in [3.8, 4) is 0 Å². The molecule has 1 saturated heterocycles. The molecule has 0 radical (unpaired) electrons. The highest BCUT2D eigenvalue weighted by Gasteiger charge is 2.23. The number of nitrogens with zero attached hydrogens (tertiary/aromatic N) is 1. The molecule has 1 aromatic rings. The van der Waals surface area contributed by atoms with E-state index in [-0.39, 0.29) is 12.6 Å². The number of rotatable bonds is 3. The highest BCUT2D eigenvalue weighted by molar-refractivity contribution is 7.10. The van der Waals surface area contributed by atoms with E-state index in [0.29, 0.717) is 0 Å². The number of thiophene rings is 1. The lowest BCUT2D eigenvalue weighted by molar-refractivity contribution is 0.106. The van der Waals surface area contributed by atoms with Gasteiger partial charge < -0.3 is 5.11 Å². The Bertz CT molecular complexity index is 304. The quantitative estimate of drug-likeness (QED) is 0.854. The zero-order chi connectivity index (χ0) is 10.7. The maximum Gasteiger partial charge on any atom is 0.0677 e. The van der Waals surface area contributed by atoms with Gasteiger partial charge in [0.1, 0.15) is 0 Å². The molecule has 2 nitrogen and oxygen atoms in total. The Morgan fingerprint density at radius 3 is 2.67 bits per heavy atom. The Kier molecular flexibility index (Phi) is 3.78. The fourth-order valence-electron chi connectivity index (χ4n) is 2.32. The van der Waals surface area contributed by atoms with E-state index in [2.05, 4.69) is 23.3 Å². The maximum absolute atomic E-state index is 9.54. The van der Waals surface area contributed by atoms with Gasteiger partial charge in [-0.25, -0.2) is 0 Å². The molecule has 1 unspecified atom stereocenters. The van der Waals surface area contributed by atoms with Gasteiger partial charge in [-0.3, -0.25) is 4.90 Å². The van der Waals surface area contributed by atoms with Crippen LogP contribution in [0.25, 0.3) is 0 Å². The second-order valence-corrected chi connectivity index (χ2v) is 5.21. The first-order chi connectivity index (χ1) is 7.33. The fourth-order valence-corrected chi connectivity index (χ4v) is 3.37. The second kappa shape index (κ2) is 5.10. The molecule has 3 heteroatoms. The van der Waals surface area contributed by atoms with Crippen molar-refractivity contribution in [2.45, 2.75) is 32.2 Å². The van der Waals surface area contributed by atoms with Gasteiger partial charge in [-0.2, -0.15) is 0 Å². The van der Waals surface area contributed by atoms with E-state index in [4.69, 9.17) is 0 Å². The van der Waals surface area contributed by atoms with Crippen molar-refractivity contribution in [1.82, 2.24) is 4.90 Å². The summed E-state index contributed by atoms with van der Waals surface area (Å²) < 4.78 is 0. The van der Waals surface area contributed by atoms with Crippen LogP contribution in [-0.4, -0.2) is 29.7 Å². The zero-order valence-electron chi connectivity index (χ0n) is 9.28. The molecule has 2 heterocycles. The van der Waals surface area contributed by atoms with E-state index in [9.17, 15) is 5.11 Å². The number of hydrogen-bond donors (Lipinski definition) is 1. The molecule has 1 fully saturated rings. The average Bonchev–Trinajstić information content (AvgIpc) is 2.68. The molecule has 1 N–H and O–H groups in total. The summed E-state index contributed by atoms with van der Waals surface area (Å²) in [5.74, 6) is 0. The topological polar surface area (TPSA) is 23.5 Å². The first-order valence-corrected chi connectivity index (χ1v) is 6.60. The first-order valence-electron chi connectivity index (χ1n) is 5.72. The third kappa shape index (κ3) is 2.41. The van der Waals surface area contributed by atoms with Gasteiger partial charge in [0.25, 0.3) is 0 Å². The summed E-state index contributed by atoms with van der Waals surface area (Å²) in [5.41, 5.74) is 1.32. The van der Waals surface area contributed by atoms with E-state index in [1.165, 1.54) is 29.7 Å². The molecule has 0 bridgehead atoms. The lowest BCUT2D eigenvalue weighted by atomic mass is 10.1. The molecule has 0 amide bonds. The summed E-state index contributed by atoms with van der Waals surface area (Å²) in [5, 5.41) is 11.7. The van der Waals surface area contributed by atoms with Crippen molar-refractivity contribution in [3.63, 3.8) is 0 Å². The van der Waals surface area contributed by atoms with Crippen molar-refractivity contribution in [3.05, 3.63) is 21.9 Å². The Labute approximate surface area is 95.5 Å². The van der Waals surface area contributed by atoms with Crippen LogP contribution in [0.3, 0.4) is 0 Å². The van der Waals surface area contributed by atoms with Gasteiger partial charge in [0.15, 0.2) is 0 Å². The van der Waals surface area contributed by atoms with Gasteiger partial charge in [0.2, 0.25) is 0 Å². The second-order valence-electron chi connectivity index (χ2n) is 4.26. The minimum atomic E-state index is 0.241. The van der Waals surface area contributed by atoms with E-state index in [1.807, 2.05) is 0 Å². The molecule has 84 valence electrons. The Hall–Kier alpha value is -0.380. The molecule has 15 heavy (non-hydrogen) atoms. The lowest BCUT2D eigenvalue weighted by Gasteiger charge is -2.33. The van der Waals surface area contributed by atoms with Crippen LogP contribution < -0.4 is 0 Å². The average molecular weight is 225 g/mol. The number of piperidine rings is 1. The predicted octanol–water partition coefficient (Wildman–Crippen LogP) is 2.58. The number of aliphatic hydroxyl groups is 1. The number of aryl methyl sites for hydroxylation is 1. The predicted molar refractivity (Wildman–Crippen MR) is 64.3 cm³/mol. The smallest absolute Gasteiger partial charge is 0.0677 e. The summed E-state index contributed by atoms with van der Waals surface area (Å²) in [7, 11) is 0. The van der Waals surface area contributed by atoms with Crippen LogP contribution in [-0.2, 0) is 0 Å². The van der Waals surface area contributed by atoms with Crippen molar-refractivity contribution in [1.29, 1.82) is 0 Å². The molecule has 2 rings (SSSR count). The van der Waals surface area contributed by atoms with Crippen molar-refractivity contribution in [2.24, 2.45) is 0 Å².